The SMILES string of the molecule is Clc1nnccc1-n1cccn1. The zero-order valence-corrected chi connectivity index (χ0v) is 6.81. The maximum Gasteiger partial charge on any atom is 0.177 e. The topological polar surface area (TPSA) is 43.6 Å². The van der Waals surface area contributed by atoms with Crippen LogP contribution in [0.4, 0.5) is 0 Å². The summed E-state index contributed by atoms with van der Waals surface area (Å²) >= 11 is 5.78. The van der Waals surface area contributed by atoms with Crippen LogP contribution in [0.1, 0.15) is 0 Å². The molecule has 12 heavy (non-hydrogen) atoms. The van der Waals surface area contributed by atoms with E-state index >= 15 is 0 Å². The summed E-state index contributed by atoms with van der Waals surface area (Å²) in [6.45, 7) is 0. The first-order chi connectivity index (χ1) is 5.88. The van der Waals surface area contributed by atoms with Crippen LogP contribution < -0.4 is 0 Å². The Balaban J connectivity index is 2.55. The van der Waals surface area contributed by atoms with E-state index in [-0.39, 0.29) is 0 Å². The lowest BCUT2D eigenvalue weighted by molar-refractivity contribution is 0.859. The minimum Gasteiger partial charge on any atom is -0.238 e. The lowest BCUT2D eigenvalue weighted by Gasteiger charge is -1.99. The van der Waals surface area contributed by atoms with Crippen molar-refractivity contribution in [2.24, 2.45) is 0 Å². The normalized spacial score (nSPS) is 10.1. The van der Waals surface area contributed by atoms with Crippen molar-refractivity contribution in [2.75, 3.05) is 0 Å². The van der Waals surface area contributed by atoms with Crippen molar-refractivity contribution in [1.82, 2.24) is 20.0 Å². The Labute approximate surface area is 73.8 Å². The van der Waals surface area contributed by atoms with Gasteiger partial charge < -0.3 is 0 Å². The van der Waals surface area contributed by atoms with E-state index in [0.29, 0.717) is 5.15 Å². The third-order valence-electron chi connectivity index (χ3n) is 1.41. The molecule has 60 valence electrons. The van der Waals surface area contributed by atoms with E-state index in [0.717, 1.165) is 5.69 Å². The third kappa shape index (κ3) is 1.16. The minimum absolute atomic E-state index is 0.348. The van der Waals surface area contributed by atoms with Gasteiger partial charge in [-0.1, -0.05) is 11.6 Å². The number of nitrogens with zero attached hydrogens (tertiary/aromatic N) is 4. The van der Waals surface area contributed by atoms with Crippen LogP contribution >= 0.6 is 11.6 Å². The van der Waals surface area contributed by atoms with Crippen molar-refractivity contribution >= 4 is 11.6 Å². The summed E-state index contributed by atoms with van der Waals surface area (Å²) in [5.41, 5.74) is 0.733. The van der Waals surface area contributed by atoms with Gasteiger partial charge in [0, 0.05) is 12.4 Å². The molecular formula is C7H5ClN4. The zero-order valence-electron chi connectivity index (χ0n) is 6.05. The van der Waals surface area contributed by atoms with Crippen LogP contribution in [0.3, 0.4) is 0 Å². The molecule has 0 saturated carbocycles. The van der Waals surface area contributed by atoms with Gasteiger partial charge in [0.1, 0.15) is 5.69 Å². The molecule has 2 aromatic rings. The molecule has 4 nitrogen and oxygen atoms in total. The van der Waals surface area contributed by atoms with Gasteiger partial charge in [0.15, 0.2) is 5.15 Å². The summed E-state index contributed by atoms with van der Waals surface area (Å²) in [4.78, 5) is 0. The Kier molecular flexibility index (Phi) is 1.75. The quantitative estimate of drug-likeness (QED) is 0.665. The standard InChI is InChI=1S/C7H5ClN4/c8-7-6(2-4-9-11-7)12-5-1-3-10-12/h1-5H. The fraction of sp³-hybridized carbons (Fsp3) is 0. The first-order valence-corrected chi connectivity index (χ1v) is 3.73. The number of aromatic nitrogens is 4. The Morgan fingerprint density at radius 2 is 2.25 bits per heavy atom. The van der Waals surface area contributed by atoms with Crippen LogP contribution in [0.15, 0.2) is 30.7 Å². The molecule has 0 N–H and O–H groups in total. The van der Waals surface area contributed by atoms with Crippen molar-refractivity contribution in [1.29, 1.82) is 0 Å². The molecule has 2 heterocycles. The molecule has 0 unspecified atom stereocenters. The predicted molar refractivity (Wildman–Crippen MR) is 44.2 cm³/mol. The highest BCUT2D eigenvalue weighted by molar-refractivity contribution is 6.31. The predicted octanol–water partition coefficient (Wildman–Crippen LogP) is 1.32. The lowest BCUT2D eigenvalue weighted by atomic mass is 10.5. The molecule has 0 aliphatic heterocycles. The van der Waals surface area contributed by atoms with Gasteiger partial charge in [-0.25, -0.2) is 4.68 Å². The molecule has 0 spiro atoms. The van der Waals surface area contributed by atoms with Crippen LogP contribution in [0.5, 0.6) is 0 Å². The maximum absolute atomic E-state index is 5.78. The molecular weight excluding hydrogens is 176 g/mol. The Hall–Kier alpha value is -1.42. The molecule has 5 heteroatoms. The molecule has 2 rings (SSSR count). The number of halogens is 1. The van der Waals surface area contributed by atoms with Gasteiger partial charge in [-0.3, -0.25) is 0 Å². The Morgan fingerprint density at radius 1 is 1.33 bits per heavy atom. The van der Waals surface area contributed by atoms with Gasteiger partial charge in [0.25, 0.3) is 0 Å². The average Bonchev–Trinajstić information content (AvgIpc) is 2.57. The van der Waals surface area contributed by atoms with Gasteiger partial charge in [-0.2, -0.15) is 10.2 Å². The smallest absolute Gasteiger partial charge is 0.177 e. The summed E-state index contributed by atoms with van der Waals surface area (Å²) in [5, 5.41) is 11.7. The lowest BCUT2D eigenvalue weighted by Crippen LogP contribution is -1.97. The molecule has 0 aromatic carbocycles. The monoisotopic (exact) mass is 180 g/mol. The number of hydrogen-bond acceptors (Lipinski definition) is 3. The summed E-state index contributed by atoms with van der Waals surface area (Å²) in [6, 6.07) is 3.57. The highest BCUT2D eigenvalue weighted by Gasteiger charge is 2.01. The molecule has 0 saturated heterocycles. The van der Waals surface area contributed by atoms with Crippen LogP contribution in [0, 0.1) is 0 Å². The zero-order chi connectivity index (χ0) is 8.39. The molecule has 0 radical (unpaired) electrons. The largest absolute Gasteiger partial charge is 0.238 e. The molecule has 0 fully saturated rings. The highest BCUT2D eigenvalue weighted by Crippen LogP contribution is 2.13. The first kappa shape index (κ1) is 7.24. The minimum atomic E-state index is 0.348. The van der Waals surface area contributed by atoms with Crippen LogP contribution in [-0.4, -0.2) is 20.0 Å². The van der Waals surface area contributed by atoms with Crippen molar-refractivity contribution in [3.63, 3.8) is 0 Å². The molecule has 0 atom stereocenters. The van der Waals surface area contributed by atoms with Gasteiger partial charge in [0.05, 0.1) is 6.20 Å². The first-order valence-electron chi connectivity index (χ1n) is 3.35. The van der Waals surface area contributed by atoms with Crippen LogP contribution in [0.25, 0.3) is 5.69 Å². The molecule has 0 aliphatic rings. The average molecular weight is 181 g/mol. The molecule has 0 aliphatic carbocycles. The Morgan fingerprint density at radius 3 is 2.92 bits per heavy atom. The van der Waals surface area contributed by atoms with E-state index in [1.54, 1.807) is 29.3 Å². The van der Waals surface area contributed by atoms with E-state index in [4.69, 9.17) is 11.6 Å². The van der Waals surface area contributed by atoms with Crippen molar-refractivity contribution in [2.45, 2.75) is 0 Å². The fourth-order valence-electron chi connectivity index (χ4n) is 0.890. The van der Waals surface area contributed by atoms with E-state index in [1.807, 2.05) is 6.07 Å². The number of hydrogen-bond donors (Lipinski definition) is 0. The van der Waals surface area contributed by atoms with Crippen molar-refractivity contribution in [3.05, 3.63) is 35.9 Å². The van der Waals surface area contributed by atoms with Gasteiger partial charge in [-0.15, -0.1) is 5.10 Å². The second kappa shape index (κ2) is 2.91. The summed E-state index contributed by atoms with van der Waals surface area (Å²) in [6.07, 6.45) is 5.04. The van der Waals surface area contributed by atoms with Crippen LogP contribution in [-0.2, 0) is 0 Å². The maximum atomic E-state index is 5.78. The summed E-state index contributed by atoms with van der Waals surface area (Å²) < 4.78 is 1.64. The van der Waals surface area contributed by atoms with Crippen molar-refractivity contribution < 1.29 is 0 Å². The highest BCUT2D eigenvalue weighted by atomic mass is 35.5. The van der Waals surface area contributed by atoms with Crippen LogP contribution in [0.2, 0.25) is 5.15 Å². The summed E-state index contributed by atoms with van der Waals surface area (Å²) in [7, 11) is 0. The van der Waals surface area contributed by atoms with E-state index in [2.05, 4.69) is 15.3 Å². The van der Waals surface area contributed by atoms with Gasteiger partial charge in [0.2, 0.25) is 0 Å². The van der Waals surface area contributed by atoms with Crippen molar-refractivity contribution in [3.8, 4) is 5.69 Å². The second-order valence-electron chi connectivity index (χ2n) is 2.16. The molecule has 2 aromatic heterocycles. The van der Waals surface area contributed by atoms with E-state index in [9.17, 15) is 0 Å². The van der Waals surface area contributed by atoms with Gasteiger partial charge in [-0.05, 0) is 12.1 Å². The van der Waals surface area contributed by atoms with E-state index in [1.165, 1.54) is 0 Å². The Bertz CT molecular complexity index is 371. The third-order valence-corrected chi connectivity index (χ3v) is 1.68. The van der Waals surface area contributed by atoms with Gasteiger partial charge >= 0.3 is 0 Å². The summed E-state index contributed by atoms with van der Waals surface area (Å²) in [5.74, 6) is 0. The molecule has 0 bridgehead atoms. The fourth-order valence-corrected chi connectivity index (χ4v) is 1.08. The number of rotatable bonds is 1. The second-order valence-corrected chi connectivity index (χ2v) is 2.52. The molecule has 0 amide bonds. The van der Waals surface area contributed by atoms with E-state index < -0.39 is 0 Å².